The van der Waals surface area contributed by atoms with Gasteiger partial charge in [0, 0.05) is 12.1 Å². The van der Waals surface area contributed by atoms with Gasteiger partial charge >= 0.3 is 6.18 Å². The van der Waals surface area contributed by atoms with Crippen LogP contribution < -0.4 is 10.6 Å². The first-order valence-corrected chi connectivity index (χ1v) is 7.37. The van der Waals surface area contributed by atoms with E-state index in [1.165, 1.54) is 0 Å². The SMILES string of the molecule is Cc1cc(C)c(NC(=O)CNC(=O)CCOCC(F)(F)F)c(C)c1. The highest BCUT2D eigenvalue weighted by Crippen LogP contribution is 2.21. The van der Waals surface area contributed by atoms with E-state index in [4.69, 9.17) is 0 Å². The summed E-state index contributed by atoms with van der Waals surface area (Å²) in [6.45, 7) is 3.67. The van der Waals surface area contributed by atoms with Gasteiger partial charge in [-0.15, -0.1) is 0 Å². The van der Waals surface area contributed by atoms with E-state index in [0.717, 1.165) is 16.7 Å². The molecule has 0 spiro atoms. The molecule has 1 aromatic rings. The van der Waals surface area contributed by atoms with Gasteiger partial charge in [0.2, 0.25) is 11.8 Å². The summed E-state index contributed by atoms with van der Waals surface area (Å²) in [4.78, 5) is 23.3. The average molecular weight is 346 g/mol. The summed E-state index contributed by atoms with van der Waals surface area (Å²) in [5.74, 6) is -0.959. The largest absolute Gasteiger partial charge is 0.411 e. The van der Waals surface area contributed by atoms with E-state index in [-0.39, 0.29) is 19.6 Å². The van der Waals surface area contributed by atoms with Crippen molar-refractivity contribution in [2.24, 2.45) is 0 Å². The zero-order valence-corrected chi connectivity index (χ0v) is 13.8. The fourth-order valence-electron chi connectivity index (χ4n) is 2.18. The summed E-state index contributed by atoms with van der Waals surface area (Å²) in [5, 5.41) is 5.05. The van der Waals surface area contributed by atoms with Crippen LogP contribution in [0.5, 0.6) is 0 Å². The molecule has 0 heterocycles. The zero-order chi connectivity index (χ0) is 18.3. The van der Waals surface area contributed by atoms with Gasteiger partial charge in [-0.2, -0.15) is 13.2 Å². The Morgan fingerprint density at radius 3 is 2.21 bits per heavy atom. The lowest BCUT2D eigenvalue weighted by atomic mass is 10.1. The smallest absolute Gasteiger partial charge is 0.372 e. The molecule has 0 aromatic heterocycles. The molecule has 0 saturated carbocycles. The number of rotatable bonds is 7. The Kier molecular flexibility index (Phi) is 7.21. The molecule has 0 radical (unpaired) electrons. The molecule has 0 aliphatic heterocycles. The van der Waals surface area contributed by atoms with Crippen molar-refractivity contribution in [2.75, 3.05) is 25.1 Å². The molecule has 0 aliphatic rings. The van der Waals surface area contributed by atoms with Crippen molar-refractivity contribution in [3.05, 3.63) is 28.8 Å². The second-order valence-electron chi connectivity index (χ2n) is 5.52. The van der Waals surface area contributed by atoms with Crippen LogP contribution in [0.2, 0.25) is 0 Å². The monoisotopic (exact) mass is 346 g/mol. The number of carbonyl (C=O) groups is 2. The van der Waals surface area contributed by atoms with Crippen LogP contribution in [0.1, 0.15) is 23.1 Å². The Morgan fingerprint density at radius 2 is 1.67 bits per heavy atom. The molecule has 8 heteroatoms. The molecule has 24 heavy (non-hydrogen) atoms. The summed E-state index contributed by atoms with van der Waals surface area (Å²) in [6.07, 6.45) is -4.66. The average Bonchev–Trinajstić information content (AvgIpc) is 2.44. The second kappa shape index (κ2) is 8.68. The first-order valence-electron chi connectivity index (χ1n) is 7.37. The van der Waals surface area contributed by atoms with E-state index in [1.54, 1.807) is 0 Å². The Hall–Kier alpha value is -2.09. The predicted octanol–water partition coefficient (Wildman–Crippen LogP) is 2.64. The lowest BCUT2D eigenvalue weighted by Crippen LogP contribution is -2.33. The molecule has 0 saturated heterocycles. The van der Waals surface area contributed by atoms with Gasteiger partial charge in [0.1, 0.15) is 6.61 Å². The number of alkyl halides is 3. The quantitative estimate of drug-likeness (QED) is 0.746. The van der Waals surface area contributed by atoms with Gasteiger partial charge in [0.25, 0.3) is 0 Å². The van der Waals surface area contributed by atoms with Crippen molar-refractivity contribution in [3.8, 4) is 0 Å². The van der Waals surface area contributed by atoms with E-state index in [0.29, 0.717) is 5.69 Å². The first-order chi connectivity index (χ1) is 11.1. The zero-order valence-electron chi connectivity index (χ0n) is 13.8. The molecular weight excluding hydrogens is 325 g/mol. The molecule has 0 fully saturated rings. The van der Waals surface area contributed by atoms with Gasteiger partial charge < -0.3 is 15.4 Å². The van der Waals surface area contributed by atoms with Gasteiger partial charge in [0.05, 0.1) is 13.2 Å². The van der Waals surface area contributed by atoms with Gasteiger partial charge in [-0.25, -0.2) is 0 Å². The minimum Gasteiger partial charge on any atom is -0.372 e. The maximum Gasteiger partial charge on any atom is 0.411 e. The van der Waals surface area contributed by atoms with Gasteiger partial charge in [0.15, 0.2) is 0 Å². The van der Waals surface area contributed by atoms with Crippen molar-refractivity contribution in [2.45, 2.75) is 33.4 Å². The second-order valence-corrected chi connectivity index (χ2v) is 5.52. The summed E-state index contributed by atoms with van der Waals surface area (Å²) in [7, 11) is 0. The third-order valence-corrected chi connectivity index (χ3v) is 3.13. The topological polar surface area (TPSA) is 67.4 Å². The maximum atomic E-state index is 11.9. The highest BCUT2D eigenvalue weighted by Gasteiger charge is 2.27. The molecule has 1 rings (SSSR count). The molecule has 1 aromatic carbocycles. The third kappa shape index (κ3) is 7.45. The Bertz CT molecular complexity index is 578. The summed E-state index contributed by atoms with van der Waals surface area (Å²) in [6, 6.07) is 3.86. The number of hydrogen-bond donors (Lipinski definition) is 2. The molecule has 0 bridgehead atoms. The number of aryl methyl sites for hydroxylation is 3. The van der Waals surface area contributed by atoms with Crippen LogP contribution in [0.3, 0.4) is 0 Å². The fraction of sp³-hybridized carbons (Fsp3) is 0.500. The predicted molar refractivity (Wildman–Crippen MR) is 83.8 cm³/mol. The van der Waals surface area contributed by atoms with Crippen LogP contribution in [0, 0.1) is 20.8 Å². The van der Waals surface area contributed by atoms with E-state index in [1.807, 2.05) is 32.9 Å². The number of anilines is 1. The molecular formula is C16H21F3N2O3. The van der Waals surface area contributed by atoms with E-state index in [2.05, 4.69) is 15.4 Å². The van der Waals surface area contributed by atoms with Crippen molar-refractivity contribution < 1.29 is 27.5 Å². The van der Waals surface area contributed by atoms with Crippen LogP contribution in [-0.2, 0) is 14.3 Å². The fourth-order valence-corrected chi connectivity index (χ4v) is 2.18. The summed E-state index contributed by atoms with van der Waals surface area (Å²) in [5.41, 5.74) is 3.59. The van der Waals surface area contributed by atoms with Crippen molar-refractivity contribution in [3.63, 3.8) is 0 Å². The lowest BCUT2D eigenvalue weighted by molar-refractivity contribution is -0.174. The number of carbonyl (C=O) groups excluding carboxylic acids is 2. The Morgan fingerprint density at radius 1 is 1.08 bits per heavy atom. The van der Waals surface area contributed by atoms with Crippen molar-refractivity contribution in [1.82, 2.24) is 5.32 Å². The van der Waals surface area contributed by atoms with Crippen molar-refractivity contribution in [1.29, 1.82) is 0 Å². The molecule has 134 valence electrons. The van der Waals surface area contributed by atoms with E-state index < -0.39 is 24.6 Å². The number of ether oxygens (including phenoxy) is 1. The highest BCUT2D eigenvalue weighted by molar-refractivity contribution is 5.95. The normalized spacial score (nSPS) is 11.2. The molecule has 0 unspecified atom stereocenters. The number of halogens is 3. The first kappa shape index (κ1) is 20.0. The van der Waals surface area contributed by atoms with Crippen LogP contribution >= 0.6 is 0 Å². The highest BCUT2D eigenvalue weighted by atomic mass is 19.4. The Balaban J connectivity index is 2.35. The molecule has 2 amide bonds. The Labute approximate surface area is 138 Å². The third-order valence-electron chi connectivity index (χ3n) is 3.13. The number of hydrogen-bond acceptors (Lipinski definition) is 3. The van der Waals surface area contributed by atoms with Crippen LogP contribution in [0.15, 0.2) is 12.1 Å². The van der Waals surface area contributed by atoms with Gasteiger partial charge in [-0.1, -0.05) is 17.7 Å². The maximum absolute atomic E-state index is 11.9. The van der Waals surface area contributed by atoms with Crippen LogP contribution in [0.4, 0.5) is 18.9 Å². The summed E-state index contributed by atoms with van der Waals surface area (Å²) >= 11 is 0. The minimum atomic E-state index is -4.42. The molecule has 0 aliphatic carbocycles. The van der Waals surface area contributed by atoms with Crippen molar-refractivity contribution >= 4 is 17.5 Å². The number of amides is 2. The molecule has 5 nitrogen and oxygen atoms in total. The van der Waals surface area contributed by atoms with E-state index in [9.17, 15) is 22.8 Å². The standard InChI is InChI=1S/C16H21F3N2O3/c1-10-6-11(2)15(12(3)7-10)21-14(23)8-20-13(22)4-5-24-9-16(17,18)19/h6-7H,4-5,8-9H2,1-3H3,(H,20,22)(H,21,23). The molecule has 2 N–H and O–H groups in total. The van der Waals surface area contributed by atoms with Crippen LogP contribution in [-0.4, -0.2) is 37.7 Å². The van der Waals surface area contributed by atoms with Gasteiger partial charge in [-0.05, 0) is 31.9 Å². The number of nitrogens with one attached hydrogen (secondary N) is 2. The van der Waals surface area contributed by atoms with Crippen LogP contribution in [0.25, 0.3) is 0 Å². The van der Waals surface area contributed by atoms with Gasteiger partial charge in [-0.3, -0.25) is 9.59 Å². The van der Waals surface area contributed by atoms with E-state index >= 15 is 0 Å². The number of benzene rings is 1. The minimum absolute atomic E-state index is 0.244. The molecule has 0 atom stereocenters. The lowest BCUT2D eigenvalue weighted by Gasteiger charge is -2.13. The summed E-state index contributed by atoms with van der Waals surface area (Å²) < 4.78 is 39.9.